The van der Waals surface area contributed by atoms with Gasteiger partial charge in [0.15, 0.2) is 5.58 Å². The van der Waals surface area contributed by atoms with Gasteiger partial charge in [-0.3, -0.25) is 19.5 Å². The molecule has 9 nitrogen and oxygen atoms in total. The first-order valence-electron chi connectivity index (χ1n) is 10.2. The Balaban J connectivity index is 1.58. The number of carbonyl (C=O) groups is 1. The van der Waals surface area contributed by atoms with Gasteiger partial charge >= 0.3 is 5.76 Å². The third-order valence-electron chi connectivity index (χ3n) is 5.09. The topological polar surface area (TPSA) is 111 Å². The third kappa shape index (κ3) is 5.11. The summed E-state index contributed by atoms with van der Waals surface area (Å²) in [6.07, 6.45) is 0.646. The van der Waals surface area contributed by atoms with E-state index in [0.717, 1.165) is 12.2 Å². The quantitative estimate of drug-likeness (QED) is 0.406. The van der Waals surface area contributed by atoms with Gasteiger partial charge < -0.3 is 14.6 Å². The van der Waals surface area contributed by atoms with Gasteiger partial charge in [-0.25, -0.2) is 4.79 Å². The van der Waals surface area contributed by atoms with Crippen molar-refractivity contribution in [1.29, 1.82) is 0 Å². The molecule has 1 aromatic heterocycles. The van der Waals surface area contributed by atoms with E-state index < -0.39 is 10.7 Å². The molecule has 0 saturated carbocycles. The summed E-state index contributed by atoms with van der Waals surface area (Å²) in [4.78, 5) is 36.9. The number of aryl methyl sites for hydroxylation is 1. The number of rotatable bonds is 9. The van der Waals surface area contributed by atoms with Crippen molar-refractivity contribution in [2.24, 2.45) is 0 Å². The Bertz CT molecular complexity index is 1130. The molecule has 9 heteroatoms. The number of benzene rings is 2. The summed E-state index contributed by atoms with van der Waals surface area (Å²) in [5.41, 5.74) is 2.30. The number of carbonyl (C=O) groups excluding carboxylic acids is 1. The number of amides is 1. The second kappa shape index (κ2) is 9.46. The standard InChI is InChI=1S/C22H26N4O5/c1-4-24(15(2)3)17-9-7-16(8-10-17)23-21(27)6-5-13-25-19-12-11-18(26(29)30)14-20(19)31-22(25)28/h7-12,14-15H,4-6,13H2,1-3H3,(H,23,27). The first kappa shape index (κ1) is 22.1. The number of nitrogens with one attached hydrogen (secondary N) is 1. The monoisotopic (exact) mass is 426 g/mol. The van der Waals surface area contributed by atoms with E-state index in [4.69, 9.17) is 4.42 Å². The predicted octanol–water partition coefficient (Wildman–Crippen LogP) is 4.16. The molecule has 0 spiro atoms. The van der Waals surface area contributed by atoms with Crippen molar-refractivity contribution >= 4 is 34.1 Å². The highest BCUT2D eigenvalue weighted by Crippen LogP contribution is 2.21. The molecular weight excluding hydrogens is 400 g/mol. The zero-order valence-electron chi connectivity index (χ0n) is 17.8. The minimum atomic E-state index is -0.600. The number of non-ortho nitro benzene ring substituents is 1. The van der Waals surface area contributed by atoms with Crippen LogP contribution in [-0.2, 0) is 11.3 Å². The highest BCUT2D eigenvalue weighted by atomic mass is 16.6. The molecule has 0 radical (unpaired) electrons. The zero-order chi connectivity index (χ0) is 22.5. The smallest absolute Gasteiger partial charge is 0.407 e. The van der Waals surface area contributed by atoms with Gasteiger partial charge in [-0.15, -0.1) is 0 Å². The molecule has 0 aliphatic rings. The second-order valence-electron chi connectivity index (χ2n) is 7.51. The van der Waals surface area contributed by atoms with E-state index in [2.05, 4.69) is 31.0 Å². The third-order valence-corrected chi connectivity index (χ3v) is 5.09. The highest BCUT2D eigenvalue weighted by Gasteiger charge is 2.14. The molecule has 0 unspecified atom stereocenters. The van der Waals surface area contributed by atoms with E-state index >= 15 is 0 Å². The van der Waals surface area contributed by atoms with Crippen LogP contribution >= 0.6 is 0 Å². The lowest BCUT2D eigenvalue weighted by molar-refractivity contribution is -0.384. The number of nitrogens with zero attached hydrogens (tertiary/aromatic N) is 3. The van der Waals surface area contributed by atoms with Crippen molar-refractivity contribution in [3.63, 3.8) is 0 Å². The van der Waals surface area contributed by atoms with Gasteiger partial charge in [-0.05, 0) is 57.5 Å². The molecule has 31 heavy (non-hydrogen) atoms. The van der Waals surface area contributed by atoms with Gasteiger partial charge in [0, 0.05) is 43.0 Å². The maximum Gasteiger partial charge on any atom is 0.419 e. The summed E-state index contributed by atoms with van der Waals surface area (Å²) < 4.78 is 6.48. The molecule has 0 aliphatic heterocycles. The number of aromatic nitrogens is 1. The second-order valence-corrected chi connectivity index (χ2v) is 7.51. The highest BCUT2D eigenvalue weighted by molar-refractivity contribution is 5.90. The summed E-state index contributed by atoms with van der Waals surface area (Å²) in [5, 5.41) is 13.7. The number of fused-ring (bicyclic) bond motifs is 1. The van der Waals surface area contributed by atoms with E-state index in [1.165, 1.54) is 22.8 Å². The normalized spacial score (nSPS) is 11.1. The average Bonchev–Trinajstić information content (AvgIpc) is 3.04. The maximum atomic E-state index is 12.3. The molecule has 0 fully saturated rings. The molecule has 2 aromatic carbocycles. The van der Waals surface area contributed by atoms with Crippen molar-refractivity contribution < 1.29 is 14.1 Å². The van der Waals surface area contributed by atoms with Crippen molar-refractivity contribution in [2.45, 2.75) is 46.2 Å². The van der Waals surface area contributed by atoms with Crippen LogP contribution in [0.4, 0.5) is 17.1 Å². The van der Waals surface area contributed by atoms with Gasteiger partial charge in [0.25, 0.3) is 5.69 Å². The molecule has 3 aromatic rings. The van der Waals surface area contributed by atoms with Gasteiger partial charge in [-0.2, -0.15) is 0 Å². The molecule has 1 amide bonds. The Morgan fingerprint density at radius 3 is 2.55 bits per heavy atom. The van der Waals surface area contributed by atoms with Gasteiger partial charge in [0.1, 0.15) is 0 Å². The van der Waals surface area contributed by atoms with Crippen molar-refractivity contribution in [3.05, 3.63) is 63.1 Å². The Labute approximate surface area is 179 Å². The molecule has 1 heterocycles. The van der Waals surface area contributed by atoms with Crippen LogP contribution in [0, 0.1) is 10.1 Å². The van der Waals surface area contributed by atoms with Crippen LogP contribution in [0.2, 0.25) is 0 Å². The number of anilines is 2. The molecule has 164 valence electrons. The molecule has 0 saturated heterocycles. The Hall–Kier alpha value is -3.62. The SMILES string of the molecule is CCN(c1ccc(NC(=O)CCCn2c(=O)oc3cc([N+](=O)[O-])ccc32)cc1)C(C)C. The largest absolute Gasteiger partial charge is 0.419 e. The summed E-state index contributed by atoms with van der Waals surface area (Å²) in [7, 11) is 0. The Morgan fingerprint density at radius 2 is 1.94 bits per heavy atom. The molecule has 3 rings (SSSR count). The van der Waals surface area contributed by atoms with Crippen LogP contribution in [0.3, 0.4) is 0 Å². The number of hydrogen-bond donors (Lipinski definition) is 1. The van der Waals surface area contributed by atoms with Crippen molar-refractivity contribution in [1.82, 2.24) is 4.57 Å². The Morgan fingerprint density at radius 1 is 1.23 bits per heavy atom. The lowest BCUT2D eigenvalue weighted by Gasteiger charge is -2.27. The summed E-state index contributed by atoms with van der Waals surface area (Å²) in [5.74, 6) is -0.752. The Kier molecular flexibility index (Phi) is 6.74. The van der Waals surface area contributed by atoms with Gasteiger partial charge in [0.05, 0.1) is 16.5 Å². The first-order chi connectivity index (χ1) is 14.8. The van der Waals surface area contributed by atoms with Crippen LogP contribution in [0.1, 0.15) is 33.6 Å². The minimum Gasteiger partial charge on any atom is -0.407 e. The minimum absolute atomic E-state index is 0.144. The molecule has 1 N–H and O–H groups in total. The van der Waals surface area contributed by atoms with Crippen molar-refractivity contribution in [3.8, 4) is 0 Å². The number of oxazole rings is 1. The average molecular weight is 426 g/mol. The van der Waals surface area contributed by atoms with Crippen LogP contribution < -0.4 is 16.0 Å². The lowest BCUT2D eigenvalue weighted by Crippen LogP contribution is -2.30. The fourth-order valence-corrected chi connectivity index (χ4v) is 3.58. The van der Waals surface area contributed by atoms with Crippen LogP contribution in [0.25, 0.3) is 11.1 Å². The van der Waals surface area contributed by atoms with E-state index in [1.807, 2.05) is 24.3 Å². The van der Waals surface area contributed by atoms with Gasteiger partial charge in [-0.1, -0.05) is 0 Å². The van der Waals surface area contributed by atoms with E-state index in [9.17, 15) is 19.7 Å². The van der Waals surface area contributed by atoms with Crippen molar-refractivity contribution in [2.75, 3.05) is 16.8 Å². The number of nitro benzene ring substituents is 1. The fraction of sp³-hybridized carbons (Fsp3) is 0.364. The summed E-state index contributed by atoms with van der Waals surface area (Å²) in [6.45, 7) is 7.55. The number of hydrogen-bond acceptors (Lipinski definition) is 6. The van der Waals surface area contributed by atoms with E-state index in [1.54, 1.807) is 0 Å². The van der Waals surface area contributed by atoms with Crippen LogP contribution in [-0.4, -0.2) is 28.0 Å². The van der Waals surface area contributed by atoms with E-state index in [-0.39, 0.29) is 30.1 Å². The molecule has 0 aliphatic carbocycles. The van der Waals surface area contributed by atoms with Gasteiger partial charge in [0.2, 0.25) is 5.91 Å². The summed E-state index contributed by atoms with van der Waals surface area (Å²) in [6, 6.07) is 12.1. The predicted molar refractivity (Wildman–Crippen MR) is 120 cm³/mol. The zero-order valence-corrected chi connectivity index (χ0v) is 17.8. The molecule has 0 bridgehead atoms. The first-order valence-corrected chi connectivity index (χ1v) is 10.2. The number of nitro groups is 1. The fourth-order valence-electron chi connectivity index (χ4n) is 3.58. The summed E-state index contributed by atoms with van der Waals surface area (Å²) >= 11 is 0. The lowest BCUT2D eigenvalue weighted by atomic mass is 10.2. The van der Waals surface area contributed by atoms with Crippen LogP contribution in [0.5, 0.6) is 0 Å². The molecule has 0 atom stereocenters. The van der Waals surface area contributed by atoms with E-state index in [0.29, 0.717) is 23.7 Å². The molecular formula is C22H26N4O5. The van der Waals surface area contributed by atoms with Crippen LogP contribution in [0.15, 0.2) is 51.7 Å². The maximum absolute atomic E-state index is 12.3.